The lowest BCUT2D eigenvalue weighted by atomic mass is 9.96. The number of nitrogens with two attached hydrogens (primary N) is 1. The molecule has 21 heavy (non-hydrogen) atoms. The number of ketones is 1. The van der Waals surface area contributed by atoms with Crippen LogP contribution in [0.3, 0.4) is 0 Å². The molecule has 1 heterocycles. The summed E-state index contributed by atoms with van der Waals surface area (Å²) in [7, 11) is 0. The normalized spacial score (nSPS) is 9.71. The summed E-state index contributed by atoms with van der Waals surface area (Å²) in [6.45, 7) is 0. The monoisotopic (exact) mass is 408 g/mol. The predicted molar refractivity (Wildman–Crippen MR) is 85.7 cm³/mol. The standard InChI is InChI=1S/C14H6ClIN4O/c15-8-3-1-7(2-4-8)12(21)11-9(5-17)13(16)20-14(19)10(11)6-18/h1-4H,(H2,19,20). The number of nitrogen functional groups attached to an aromatic ring is 1. The summed E-state index contributed by atoms with van der Waals surface area (Å²) in [6, 6.07) is 9.91. The van der Waals surface area contributed by atoms with Gasteiger partial charge in [-0.2, -0.15) is 10.5 Å². The van der Waals surface area contributed by atoms with E-state index in [2.05, 4.69) is 4.98 Å². The highest BCUT2D eigenvalue weighted by Crippen LogP contribution is 2.25. The van der Waals surface area contributed by atoms with Gasteiger partial charge in [0.15, 0.2) is 5.78 Å². The predicted octanol–water partition coefficient (Wildman–Crippen LogP) is 2.90. The van der Waals surface area contributed by atoms with Gasteiger partial charge in [0.25, 0.3) is 0 Å². The highest BCUT2D eigenvalue weighted by molar-refractivity contribution is 14.1. The second kappa shape index (κ2) is 6.08. The maximum Gasteiger partial charge on any atom is 0.195 e. The molecule has 0 aliphatic carbocycles. The molecule has 0 amide bonds. The van der Waals surface area contributed by atoms with Crippen molar-refractivity contribution in [1.82, 2.24) is 4.98 Å². The van der Waals surface area contributed by atoms with Crippen LogP contribution in [0, 0.1) is 26.4 Å². The summed E-state index contributed by atoms with van der Waals surface area (Å²) in [5, 5.41) is 18.9. The van der Waals surface area contributed by atoms with E-state index in [0.717, 1.165) is 0 Å². The lowest BCUT2D eigenvalue weighted by Crippen LogP contribution is -2.12. The van der Waals surface area contributed by atoms with Crippen LogP contribution < -0.4 is 5.73 Å². The molecule has 0 saturated carbocycles. The number of aromatic nitrogens is 1. The quantitative estimate of drug-likeness (QED) is 0.467. The zero-order chi connectivity index (χ0) is 15.6. The smallest absolute Gasteiger partial charge is 0.195 e. The Kier molecular flexibility index (Phi) is 4.41. The van der Waals surface area contributed by atoms with E-state index in [9.17, 15) is 15.3 Å². The lowest BCUT2D eigenvalue weighted by molar-refractivity contribution is 0.103. The average molecular weight is 409 g/mol. The van der Waals surface area contributed by atoms with Gasteiger partial charge in [-0.05, 0) is 46.9 Å². The molecule has 0 bridgehead atoms. The molecule has 0 spiro atoms. The zero-order valence-electron chi connectivity index (χ0n) is 10.4. The van der Waals surface area contributed by atoms with Gasteiger partial charge in [-0.15, -0.1) is 0 Å². The molecule has 102 valence electrons. The SMILES string of the molecule is N#Cc1c(N)nc(I)c(C#N)c1C(=O)c1ccc(Cl)cc1. The fraction of sp³-hybridized carbons (Fsp3) is 0. The van der Waals surface area contributed by atoms with Gasteiger partial charge >= 0.3 is 0 Å². The molecule has 0 fully saturated rings. The number of anilines is 1. The number of carbonyl (C=O) groups is 1. The van der Waals surface area contributed by atoms with E-state index in [1.807, 2.05) is 12.1 Å². The third-order valence-electron chi connectivity index (χ3n) is 2.74. The number of rotatable bonds is 2. The van der Waals surface area contributed by atoms with Gasteiger partial charge in [0.1, 0.15) is 27.2 Å². The van der Waals surface area contributed by atoms with E-state index >= 15 is 0 Å². The fourth-order valence-corrected chi connectivity index (χ4v) is 2.54. The molecule has 0 aliphatic rings. The van der Waals surface area contributed by atoms with Crippen LogP contribution in [0.15, 0.2) is 24.3 Å². The van der Waals surface area contributed by atoms with Crippen molar-refractivity contribution in [1.29, 1.82) is 10.5 Å². The summed E-state index contributed by atoms with van der Waals surface area (Å²) in [5.74, 6) is -0.537. The molecule has 1 aromatic heterocycles. The molecule has 1 aromatic carbocycles. The molecule has 5 nitrogen and oxygen atoms in total. The topological polar surface area (TPSA) is 104 Å². The highest BCUT2D eigenvalue weighted by Gasteiger charge is 2.24. The Morgan fingerprint density at radius 1 is 1.19 bits per heavy atom. The van der Waals surface area contributed by atoms with Crippen molar-refractivity contribution in [2.45, 2.75) is 0 Å². The zero-order valence-corrected chi connectivity index (χ0v) is 13.3. The van der Waals surface area contributed by atoms with Crippen molar-refractivity contribution in [2.75, 3.05) is 5.73 Å². The van der Waals surface area contributed by atoms with Gasteiger partial charge < -0.3 is 5.73 Å². The molecule has 0 unspecified atom stereocenters. The minimum atomic E-state index is -0.466. The molecule has 0 saturated heterocycles. The van der Waals surface area contributed by atoms with Crippen LogP contribution in [0.1, 0.15) is 27.0 Å². The Morgan fingerprint density at radius 2 is 1.76 bits per heavy atom. The van der Waals surface area contributed by atoms with E-state index in [1.165, 1.54) is 12.1 Å². The van der Waals surface area contributed by atoms with Gasteiger partial charge in [-0.25, -0.2) is 4.98 Å². The van der Waals surface area contributed by atoms with E-state index in [-0.39, 0.29) is 26.2 Å². The molecule has 7 heteroatoms. The van der Waals surface area contributed by atoms with Crippen LogP contribution in [0.2, 0.25) is 5.02 Å². The van der Waals surface area contributed by atoms with E-state index in [1.54, 1.807) is 34.7 Å². The number of pyridine rings is 1. The Hall–Kier alpha value is -2.16. The maximum atomic E-state index is 12.6. The molecule has 0 radical (unpaired) electrons. The molecular formula is C14H6ClIN4O. The van der Waals surface area contributed by atoms with Crippen LogP contribution >= 0.6 is 34.2 Å². The van der Waals surface area contributed by atoms with Gasteiger partial charge in [0, 0.05) is 10.6 Å². The molecule has 2 aromatic rings. The molecule has 0 aliphatic heterocycles. The van der Waals surface area contributed by atoms with Crippen molar-refractivity contribution < 1.29 is 4.79 Å². The average Bonchev–Trinajstić information content (AvgIpc) is 2.46. The maximum absolute atomic E-state index is 12.6. The van der Waals surface area contributed by atoms with Gasteiger partial charge in [-0.1, -0.05) is 11.6 Å². The summed E-state index contributed by atoms with van der Waals surface area (Å²) in [4.78, 5) is 16.5. The number of hydrogen-bond donors (Lipinski definition) is 1. The van der Waals surface area contributed by atoms with Crippen LogP contribution in [-0.4, -0.2) is 10.8 Å². The third kappa shape index (κ3) is 2.82. The Bertz CT molecular complexity index is 781. The number of nitriles is 2. The first-order valence-electron chi connectivity index (χ1n) is 5.59. The number of halogens is 2. The highest BCUT2D eigenvalue weighted by atomic mass is 127. The minimum Gasteiger partial charge on any atom is -0.383 e. The van der Waals surface area contributed by atoms with Crippen molar-refractivity contribution in [3.8, 4) is 12.1 Å². The molecule has 2 N–H and O–H groups in total. The number of benzene rings is 1. The van der Waals surface area contributed by atoms with E-state index < -0.39 is 5.78 Å². The van der Waals surface area contributed by atoms with Crippen LogP contribution in [0.4, 0.5) is 5.82 Å². The fourth-order valence-electron chi connectivity index (χ4n) is 1.76. The summed E-state index contributed by atoms with van der Waals surface area (Å²) < 4.78 is 0.281. The van der Waals surface area contributed by atoms with Crippen molar-refractivity contribution in [3.63, 3.8) is 0 Å². The minimum absolute atomic E-state index is 0.0285. The molecular weight excluding hydrogens is 403 g/mol. The Morgan fingerprint density at radius 3 is 2.29 bits per heavy atom. The molecule has 2 rings (SSSR count). The van der Waals surface area contributed by atoms with Crippen molar-refractivity contribution >= 4 is 45.8 Å². The van der Waals surface area contributed by atoms with Gasteiger partial charge in [0.05, 0.1) is 11.1 Å². The van der Waals surface area contributed by atoms with Crippen LogP contribution in [-0.2, 0) is 0 Å². The Balaban J connectivity index is 2.74. The number of carbonyl (C=O) groups excluding carboxylic acids is 1. The largest absolute Gasteiger partial charge is 0.383 e. The van der Waals surface area contributed by atoms with Gasteiger partial charge in [0.2, 0.25) is 0 Å². The first kappa shape index (κ1) is 15.2. The second-order valence-electron chi connectivity index (χ2n) is 3.97. The van der Waals surface area contributed by atoms with Crippen LogP contribution in [0.25, 0.3) is 0 Å². The molecule has 0 atom stereocenters. The van der Waals surface area contributed by atoms with Crippen molar-refractivity contribution in [2.24, 2.45) is 0 Å². The first-order valence-corrected chi connectivity index (χ1v) is 7.04. The third-order valence-corrected chi connectivity index (χ3v) is 3.77. The van der Waals surface area contributed by atoms with Crippen molar-refractivity contribution in [3.05, 3.63) is 55.2 Å². The second-order valence-corrected chi connectivity index (χ2v) is 5.43. The number of nitrogens with zero attached hydrogens (tertiary/aromatic N) is 3. The summed E-state index contributed by atoms with van der Waals surface area (Å²) in [6.07, 6.45) is 0. The summed E-state index contributed by atoms with van der Waals surface area (Å²) >= 11 is 7.59. The first-order chi connectivity index (χ1) is 9.99. The lowest BCUT2D eigenvalue weighted by Gasteiger charge is -2.09. The van der Waals surface area contributed by atoms with Crippen LogP contribution in [0.5, 0.6) is 0 Å². The van der Waals surface area contributed by atoms with Gasteiger partial charge in [-0.3, -0.25) is 4.79 Å². The summed E-state index contributed by atoms with van der Waals surface area (Å²) in [5.41, 5.74) is 5.91. The van der Waals surface area contributed by atoms with E-state index in [4.69, 9.17) is 17.3 Å². The Labute approximate surface area is 139 Å². The number of hydrogen-bond acceptors (Lipinski definition) is 5. The van der Waals surface area contributed by atoms with E-state index in [0.29, 0.717) is 10.6 Å².